The van der Waals surface area contributed by atoms with Gasteiger partial charge in [0, 0.05) is 12.6 Å². The van der Waals surface area contributed by atoms with Crippen molar-refractivity contribution in [1.29, 1.82) is 5.26 Å². The molecule has 0 atom stereocenters. The molecule has 1 aromatic rings. The maximum absolute atomic E-state index is 9.59. The first-order valence-electron chi connectivity index (χ1n) is 7.84. The molecular weight excluding hydrogens is 264 g/mol. The molecule has 1 heterocycles. The van der Waals surface area contributed by atoms with Gasteiger partial charge in [-0.1, -0.05) is 27.7 Å². The maximum atomic E-state index is 9.59. The first-order chi connectivity index (χ1) is 10.2. The highest BCUT2D eigenvalue weighted by Crippen LogP contribution is 2.26. The van der Waals surface area contributed by atoms with Crippen molar-refractivity contribution < 1.29 is 5.11 Å². The summed E-state index contributed by atoms with van der Waals surface area (Å²) in [6.45, 7) is 8.80. The number of nitrogens with zero attached hydrogens (tertiary/aromatic N) is 4. The first kappa shape index (κ1) is 17.4. The van der Waals surface area contributed by atoms with Crippen molar-refractivity contribution in [3.8, 4) is 6.07 Å². The van der Waals surface area contributed by atoms with Gasteiger partial charge < -0.3 is 10.0 Å². The third-order valence-electron chi connectivity index (χ3n) is 3.94. The van der Waals surface area contributed by atoms with E-state index in [0.717, 1.165) is 36.9 Å². The summed E-state index contributed by atoms with van der Waals surface area (Å²) in [6.07, 6.45) is 3.43. The Morgan fingerprint density at radius 1 is 1.14 bits per heavy atom. The molecule has 0 saturated heterocycles. The molecular formula is C16H26N4O. The van der Waals surface area contributed by atoms with E-state index in [0.29, 0.717) is 17.9 Å². The lowest BCUT2D eigenvalue weighted by Crippen LogP contribution is -2.38. The van der Waals surface area contributed by atoms with E-state index < -0.39 is 0 Å². The predicted octanol–water partition coefficient (Wildman–Crippen LogP) is 2.46. The van der Waals surface area contributed by atoms with E-state index in [4.69, 9.17) is 0 Å². The third kappa shape index (κ3) is 3.70. The number of anilines is 1. The number of aliphatic hydroxyl groups excluding tert-OH is 1. The topological polar surface area (TPSA) is 73.0 Å². The summed E-state index contributed by atoms with van der Waals surface area (Å²) in [5.41, 5.74) is 2.50. The monoisotopic (exact) mass is 290 g/mol. The SMILES string of the molecule is CCc1nnc(N(CCO)C(CC)CC)c(C#N)c1CC. The molecule has 21 heavy (non-hydrogen) atoms. The molecule has 0 bridgehead atoms. The van der Waals surface area contributed by atoms with Crippen LogP contribution in [0.25, 0.3) is 0 Å². The standard InChI is InChI=1S/C16H26N4O/c1-5-12(6-2)20(9-10-21)16-14(11-17)13(7-3)15(8-4)18-19-16/h12,21H,5-10H2,1-4H3. The molecule has 0 aliphatic carbocycles. The zero-order valence-electron chi connectivity index (χ0n) is 13.6. The van der Waals surface area contributed by atoms with Crippen LogP contribution in [0.15, 0.2) is 0 Å². The number of aromatic nitrogens is 2. The van der Waals surface area contributed by atoms with Gasteiger partial charge in [0.1, 0.15) is 11.6 Å². The Bertz CT molecular complexity index is 492. The molecule has 0 aliphatic heterocycles. The van der Waals surface area contributed by atoms with Gasteiger partial charge in [0.05, 0.1) is 12.3 Å². The zero-order valence-corrected chi connectivity index (χ0v) is 13.6. The third-order valence-corrected chi connectivity index (χ3v) is 3.94. The molecule has 0 fully saturated rings. The van der Waals surface area contributed by atoms with Gasteiger partial charge >= 0.3 is 0 Å². The molecule has 0 spiro atoms. The number of hydrogen-bond acceptors (Lipinski definition) is 5. The highest BCUT2D eigenvalue weighted by molar-refractivity contribution is 5.58. The molecule has 1 aromatic heterocycles. The number of nitriles is 1. The quantitative estimate of drug-likeness (QED) is 0.796. The van der Waals surface area contributed by atoms with Crippen LogP contribution >= 0.6 is 0 Å². The molecule has 0 radical (unpaired) electrons. The van der Waals surface area contributed by atoms with E-state index in [2.05, 4.69) is 30.1 Å². The number of hydrogen-bond donors (Lipinski definition) is 1. The number of aliphatic hydroxyl groups is 1. The molecule has 116 valence electrons. The Morgan fingerprint density at radius 3 is 2.24 bits per heavy atom. The van der Waals surface area contributed by atoms with Gasteiger partial charge in [-0.25, -0.2) is 0 Å². The Hall–Kier alpha value is -1.67. The summed E-state index contributed by atoms with van der Waals surface area (Å²) in [5, 5.41) is 27.6. The van der Waals surface area contributed by atoms with Crippen LogP contribution in [-0.2, 0) is 12.8 Å². The fourth-order valence-electron chi connectivity index (χ4n) is 2.78. The second-order valence-electron chi connectivity index (χ2n) is 5.03. The van der Waals surface area contributed by atoms with Gasteiger partial charge in [0.15, 0.2) is 5.82 Å². The Morgan fingerprint density at radius 2 is 1.81 bits per heavy atom. The van der Waals surface area contributed by atoms with Crippen LogP contribution in [0, 0.1) is 11.3 Å². The smallest absolute Gasteiger partial charge is 0.169 e. The Labute approximate surface area is 127 Å². The minimum atomic E-state index is 0.0417. The number of rotatable bonds is 8. The average Bonchev–Trinajstić information content (AvgIpc) is 2.53. The first-order valence-corrected chi connectivity index (χ1v) is 7.84. The lowest BCUT2D eigenvalue weighted by Gasteiger charge is -2.31. The molecule has 0 saturated carbocycles. The van der Waals surface area contributed by atoms with Crippen LogP contribution in [-0.4, -0.2) is 34.5 Å². The molecule has 5 nitrogen and oxygen atoms in total. The van der Waals surface area contributed by atoms with E-state index in [1.54, 1.807) is 0 Å². The zero-order chi connectivity index (χ0) is 15.8. The van der Waals surface area contributed by atoms with Gasteiger partial charge in [0.25, 0.3) is 0 Å². The molecule has 0 aromatic carbocycles. The lowest BCUT2D eigenvalue weighted by molar-refractivity contribution is 0.295. The predicted molar refractivity (Wildman–Crippen MR) is 84.3 cm³/mol. The largest absolute Gasteiger partial charge is 0.395 e. The lowest BCUT2D eigenvalue weighted by atomic mass is 10.0. The molecule has 1 N–H and O–H groups in total. The van der Waals surface area contributed by atoms with Crippen LogP contribution in [0.1, 0.15) is 57.4 Å². The van der Waals surface area contributed by atoms with Crippen LogP contribution < -0.4 is 4.90 Å². The Kier molecular flexibility index (Phi) is 7.10. The van der Waals surface area contributed by atoms with Crippen LogP contribution in [0.4, 0.5) is 5.82 Å². The second-order valence-corrected chi connectivity index (χ2v) is 5.03. The molecule has 0 unspecified atom stereocenters. The van der Waals surface area contributed by atoms with Crippen molar-refractivity contribution in [3.05, 3.63) is 16.8 Å². The summed E-state index contributed by atoms with van der Waals surface area (Å²) >= 11 is 0. The Balaban J connectivity index is 3.41. The van der Waals surface area contributed by atoms with Crippen molar-refractivity contribution in [2.75, 3.05) is 18.1 Å². The fourth-order valence-corrected chi connectivity index (χ4v) is 2.78. The second kappa shape index (κ2) is 8.58. The van der Waals surface area contributed by atoms with E-state index >= 15 is 0 Å². The minimum absolute atomic E-state index is 0.0417. The van der Waals surface area contributed by atoms with E-state index in [9.17, 15) is 10.4 Å². The summed E-state index contributed by atoms with van der Waals surface area (Å²) < 4.78 is 0. The number of aryl methyl sites for hydroxylation is 1. The van der Waals surface area contributed by atoms with Crippen LogP contribution in [0.3, 0.4) is 0 Å². The van der Waals surface area contributed by atoms with Crippen LogP contribution in [0.2, 0.25) is 0 Å². The summed E-state index contributed by atoms with van der Waals surface area (Å²) in [6, 6.07) is 2.57. The minimum Gasteiger partial charge on any atom is -0.395 e. The summed E-state index contributed by atoms with van der Waals surface area (Å²) in [5.74, 6) is 0.620. The summed E-state index contributed by atoms with van der Waals surface area (Å²) in [4.78, 5) is 2.03. The van der Waals surface area contributed by atoms with Gasteiger partial charge in [-0.15, -0.1) is 5.10 Å². The highest BCUT2D eigenvalue weighted by atomic mass is 16.3. The molecule has 1 rings (SSSR count). The van der Waals surface area contributed by atoms with Gasteiger partial charge in [0.2, 0.25) is 0 Å². The van der Waals surface area contributed by atoms with E-state index in [1.807, 2.05) is 18.7 Å². The van der Waals surface area contributed by atoms with E-state index in [1.165, 1.54) is 0 Å². The normalized spacial score (nSPS) is 10.7. The van der Waals surface area contributed by atoms with Crippen molar-refractivity contribution in [2.24, 2.45) is 0 Å². The van der Waals surface area contributed by atoms with Crippen molar-refractivity contribution in [2.45, 2.75) is 59.4 Å². The maximum Gasteiger partial charge on any atom is 0.169 e. The van der Waals surface area contributed by atoms with Gasteiger partial charge in [-0.05, 0) is 31.2 Å². The molecule has 5 heteroatoms. The van der Waals surface area contributed by atoms with E-state index in [-0.39, 0.29) is 12.6 Å². The van der Waals surface area contributed by atoms with Crippen molar-refractivity contribution >= 4 is 5.82 Å². The van der Waals surface area contributed by atoms with Crippen LogP contribution in [0.5, 0.6) is 0 Å². The molecule has 0 aliphatic rings. The van der Waals surface area contributed by atoms with Gasteiger partial charge in [-0.2, -0.15) is 10.4 Å². The van der Waals surface area contributed by atoms with Crippen molar-refractivity contribution in [3.63, 3.8) is 0 Å². The average molecular weight is 290 g/mol. The summed E-state index contributed by atoms with van der Waals surface area (Å²) in [7, 11) is 0. The fraction of sp³-hybridized carbons (Fsp3) is 0.688. The van der Waals surface area contributed by atoms with Crippen molar-refractivity contribution in [1.82, 2.24) is 10.2 Å². The molecule has 0 amide bonds. The van der Waals surface area contributed by atoms with Gasteiger partial charge in [-0.3, -0.25) is 0 Å². The highest BCUT2D eigenvalue weighted by Gasteiger charge is 2.23.